The summed E-state index contributed by atoms with van der Waals surface area (Å²) in [5, 5.41) is 1.58. The summed E-state index contributed by atoms with van der Waals surface area (Å²) in [6.45, 7) is 6.59. The molecule has 1 heterocycles. The van der Waals surface area contributed by atoms with Gasteiger partial charge in [-0.3, -0.25) is 9.63 Å². The van der Waals surface area contributed by atoms with Gasteiger partial charge in [0.25, 0.3) is 5.91 Å². The van der Waals surface area contributed by atoms with Crippen molar-refractivity contribution in [2.24, 2.45) is 5.41 Å². The summed E-state index contributed by atoms with van der Waals surface area (Å²) in [5.74, 6) is 0.0800. The van der Waals surface area contributed by atoms with E-state index in [1.807, 2.05) is 39.0 Å². The highest BCUT2D eigenvalue weighted by Crippen LogP contribution is 2.35. The van der Waals surface area contributed by atoms with Crippen molar-refractivity contribution in [3.8, 4) is 0 Å². The Bertz CT molecular complexity index is 414. The van der Waals surface area contributed by atoms with Gasteiger partial charge in [-0.25, -0.2) is 5.06 Å². The number of carbonyl (C=O) groups is 1. The molecule has 0 aromatic heterocycles. The second kappa shape index (κ2) is 5.11. The molecule has 1 aliphatic heterocycles. The van der Waals surface area contributed by atoms with Crippen LogP contribution in [0.4, 0.5) is 0 Å². The smallest absolute Gasteiger partial charge is 0.252 e. The molecule has 1 fully saturated rings. The molecule has 0 saturated carbocycles. The summed E-state index contributed by atoms with van der Waals surface area (Å²) in [4.78, 5) is 18.0. The summed E-state index contributed by atoms with van der Waals surface area (Å²) in [7, 11) is 0. The lowest BCUT2D eigenvalue weighted by atomic mass is 9.88. The molecule has 98 valence electrons. The van der Waals surface area contributed by atoms with Crippen LogP contribution in [0.3, 0.4) is 0 Å². The van der Waals surface area contributed by atoms with Crippen molar-refractivity contribution in [1.29, 1.82) is 0 Å². The first kappa shape index (κ1) is 13.1. The van der Waals surface area contributed by atoms with Crippen LogP contribution < -0.4 is 0 Å². The fraction of sp³-hybridized carbons (Fsp3) is 0.533. The van der Waals surface area contributed by atoms with Crippen LogP contribution in [0.25, 0.3) is 0 Å². The molecule has 0 N–H and O–H groups in total. The van der Waals surface area contributed by atoms with Crippen molar-refractivity contribution >= 4 is 5.91 Å². The zero-order valence-corrected chi connectivity index (χ0v) is 11.3. The van der Waals surface area contributed by atoms with E-state index in [-0.39, 0.29) is 17.4 Å². The average molecular weight is 247 g/mol. The molecule has 1 saturated heterocycles. The molecule has 0 bridgehead atoms. The highest BCUT2D eigenvalue weighted by atomic mass is 16.7. The number of rotatable bonds is 3. The number of amides is 1. The van der Waals surface area contributed by atoms with Gasteiger partial charge < -0.3 is 0 Å². The number of nitrogens with zero attached hydrogens (tertiary/aromatic N) is 1. The van der Waals surface area contributed by atoms with Crippen molar-refractivity contribution < 1.29 is 9.63 Å². The number of benzene rings is 1. The number of hydroxylamine groups is 2. The second-order valence-electron chi connectivity index (χ2n) is 5.42. The molecule has 0 radical (unpaired) electrons. The van der Waals surface area contributed by atoms with E-state index in [0.717, 1.165) is 18.4 Å². The van der Waals surface area contributed by atoms with Crippen LogP contribution in [0.15, 0.2) is 30.3 Å². The van der Waals surface area contributed by atoms with Crippen LogP contribution in [0, 0.1) is 5.41 Å². The standard InChI is InChI=1S/C15H21NO2/c1-4-15(2,3)14(17)16-13(10-11-18-16)12-8-6-5-7-9-12/h5-9,13H,4,10-11H2,1-3H3. The van der Waals surface area contributed by atoms with Gasteiger partial charge in [-0.05, 0) is 12.0 Å². The summed E-state index contributed by atoms with van der Waals surface area (Å²) >= 11 is 0. The fourth-order valence-electron chi connectivity index (χ4n) is 2.10. The first-order valence-electron chi connectivity index (χ1n) is 6.58. The molecule has 1 aromatic carbocycles. The van der Waals surface area contributed by atoms with Crippen LogP contribution in [-0.2, 0) is 9.63 Å². The van der Waals surface area contributed by atoms with Gasteiger partial charge in [0.05, 0.1) is 12.6 Å². The largest absolute Gasteiger partial charge is 0.272 e. The molecule has 18 heavy (non-hydrogen) atoms. The van der Waals surface area contributed by atoms with E-state index in [1.54, 1.807) is 5.06 Å². The second-order valence-corrected chi connectivity index (χ2v) is 5.42. The number of hydrogen-bond acceptors (Lipinski definition) is 2. The Kier molecular flexibility index (Phi) is 3.71. The summed E-state index contributed by atoms with van der Waals surface area (Å²) in [5.41, 5.74) is 0.785. The molecule has 3 nitrogen and oxygen atoms in total. The van der Waals surface area contributed by atoms with Crippen molar-refractivity contribution in [1.82, 2.24) is 5.06 Å². The number of carbonyl (C=O) groups excluding carboxylic acids is 1. The molecule has 0 spiro atoms. The minimum absolute atomic E-state index is 0.0597. The maximum Gasteiger partial charge on any atom is 0.252 e. The van der Waals surface area contributed by atoms with Gasteiger partial charge in [0.2, 0.25) is 0 Å². The quantitative estimate of drug-likeness (QED) is 0.820. The molecule has 2 rings (SSSR count). The predicted octanol–water partition coefficient (Wildman–Crippen LogP) is 3.33. The lowest BCUT2D eigenvalue weighted by molar-refractivity contribution is -0.187. The fourth-order valence-corrected chi connectivity index (χ4v) is 2.10. The minimum atomic E-state index is -0.364. The van der Waals surface area contributed by atoms with Crippen molar-refractivity contribution in [3.05, 3.63) is 35.9 Å². The first-order valence-corrected chi connectivity index (χ1v) is 6.58. The molecular formula is C15H21NO2. The van der Waals surface area contributed by atoms with E-state index in [4.69, 9.17) is 4.84 Å². The molecule has 1 aliphatic rings. The van der Waals surface area contributed by atoms with Crippen LogP contribution in [-0.4, -0.2) is 17.6 Å². The normalized spacial score (nSPS) is 20.2. The van der Waals surface area contributed by atoms with Gasteiger partial charge in [0.1, 0.15) is 0 Å². The third-order valence-corrected chi connectivity index (χ3v) is 3.75. The third kappa shape index (κ3) is 2.41. The van der Waals surface area contributed by atoms with Crippen LogP contribution in [0.1, 0.15) is 45.2 Å². The van der Waals surface area contributed by atoms with Gasteiger partial charge in [-0.1, -0.05) is 51.1 Å². The Balaban J connectivity index is 2.21. The van der Waals surface area contributed by atoms with E-state index in [9.17, 15) is 4.79 Å². The summed E-state index contributed by atoms with van der Waals surface area (Å²) in [6.07, 6.45) is 1.68. The Labute approximate surface area is 109 Å². The van der Waals surface area contributed by atoms with Crippen molar-refractivity contribution in [2.75, 3.05) is 6.61 Å². The first-order chi connectivity index (χ1) is 8.56. The highest BCUT2D eigenvalue weighted by molar-refractivity contribution is 5.81. The van der Waals surface area contributed by atoms with Crippen molar-refractivity contribution in [2.45, 2.75) is 39.7 Å². The van der Waals surface area contributed by atoms with E-state index >= 15 is 0 Å². The van der Waals surface area contributed by atoms with E-state index in [2.05, 4.69) is 12.1 Å². The average Bonchev–Trinajstić information content (AvgIpc) is 2.87. The summed E-state index contributed by atoms with van der Waals surface area (Å²) in [6, 6.07) is 10.2. The van der Waals surface area contributed by atoms with Gasteiger partial charge in [0.15, 0.2) is 0 Å². The van der Waals surface area contributed by atoms with Crippen LogP contribution in [0.2, 0.25) is 0 Å². The SMILES string of the molecule is CCC(C)(C)C(=O)N1OCCC1c1ccccc1. The maximum absolute atomic E-state index is 12.5. The molecule has 0 aliphatic carbocycles. The van der Waals surface area contributed by atoms with E-state index in [0.29, 0.717) is 6.61 Å². The number of hydrogen-bond donors (Lipinski definition) is 0. The van der Waals surface area contributed by atoms with Gasteiger partial charge in [0, 0.05) is 11.8 Å². The predicted molar refractivity (Wildman–Crippen MR) is 70.7 cm³/mol. The Morgan fingerprint density at radius 3 is 2.67 bits per heavy atom. The Hall–Kier alpha value is -1.35. The summed E-state index contributed by atoms with van der Waals surface area (Å²) < 4.78 is 0. The lowest BCUT2D eigenvalue weighted by Crippen LogP contribution is -2.39. The molecule has 1 aromatic rings. The van der Waals surface area contributed by atoms with Gasteiger partial charge in [-0.15, -0.1) is 0 Å². The Morgan fingerprint density at radius 1 is 1.39 bits per heavy atom. The highest BCUT2D eigenvalue weighted by Gasteiger charge is 2.38. The van der Waals surface area contributed by atoms with E-state index < -0.39 is 0 Å². The van der Waals surface area contributed by atoms with Gasteiger partial charge in [-0.2, -0.15) is 0 Å². The zero-order chi connectivity index (χ0) is 13.2. The monoisotopic (exact) mass is 247 g/mol. The third-order valence-electron chi connectivity index (χ3n) is 3.75. The van der Waals surface area contributed by atoms with Crippen LogP contribution >= 0.6 is 0 Å². The van der Waals surface area contributed by atoms with Crippen molar-refractivity contribution in [3.63, 3.8) is 0 Å². The molecule has 1 amide bonds. The molecular weight excluding hydrogens is 226 g/mol. The molecule has 1 atom stereocenters. The zero-order valence-electron chi connectivity index (χ0n) is 11.3. The van der Waals surface area contributed by atoms with E-state index in [1.165, 1.54) is 0 Å². The lowest BCUT2D eigenvalue weighted by Gasteiger charge is -2.30. The molecule has 3 heteroatoms. The van der Waals surface area contributed by atoms with Crippen LogP contribution in [0.5, 0.6) is 0 Å². The topological polar surface area (TPSA) is 29.5 Å². The minimum Gasteiger partial charge on any atom is -0.272 e. The Morgan fingerprint density at radius 2 is 2.06 bits per heavy atom. The van der Waals surface area contributed by atoms with Gasteiger partial charge >= 0.3 is 0 Å². The maximum atomic E-state index is 12.5. The molecule has 1 unspecified atom stereocenters.